The van der Waals surface area contributed by atoms with Crippen LogP contribution in [0.1, 0.15) is 17.5 Å². The first-order valence-electron chi connectivity index (χ1n) is 9.27. The van der Waals surface area contributed by atoms with Gasteiger partial charge in [-0.3, -0.25) is 4.79 Å². The maximum atomic E-state index is 13.0. The van der Waals surface area contributed by atoms with E-state index in [1.165, 1.54) is 12.1 Å². The van der Waals surface area contributed by atoms with Crippen LogP contribution in [0.15, 0.2) is 48.5 Å². The first-order valence-corrected chi connectivity index (χ1v) is 9.27. The summed E-state index contributed by atoms with van der Waals surface area (Å²) in [5, 5.41) is 2.92. The summed E-state index contributed by atoms with van der Waals surface area (Å²) in [4.78, 5) is 25.0. The third kappa shape index (κ3) is 5.70. The van der Waals surface area contributed by atoms with Crippen molar-refractivity contribution in [1.82, 2.24) is 10.2 Å². The van der Waals surface area contributed by atoms with Gasteiger partial charge < -0.3 is 20.7 Å². The average molecular weight is 385 g/mol. The van der Waals surface area contributed by atoms with Crippen LogP contribution < -0.4 is 15.8 Å². The van der Waals surface area contributed by atoms with E-state index in [1.807, 2.05) is 11.0 Å². The minimum absolute atomic E-state index is 0.106. The van der Waals surface area contributed by atoms with Crippen LogP contribution in [0.4, 0.5) is 9.18 Å². The van der Waals surface area contributed by atoms with Crippen molar-refractivity contribution in [1.29, 1.82) is 0 Å². The molecule has 1 unspecified atom stereocenters. The molecule has 7 heteroatoms. The largest absolute Gasteiger partial charge is 0.484 e. The summed E-state index contributed by atoms with van der Waals surface area (Å²) in [7, 11) is 0. The van der Waals surface area contributed by atoms with Crippen LogP contribution in [0.2, 0.25) is 0 Å². The highest BCUT2D eigenvalue weighted by atomic mass is 19.1. The molecule has 3 rings (SSSR count). The number of nitrogens with zero attached hydrogens (tertiary/aromatic N) is 1. The molecule has 0 aromatic heterocycles. The number of nitrogens with one attached hydrogen (secondary N) is 1. The van der Waals surface area contributed by atoms with E-state index in [0.717, 1.165) is 24.0 Å². The third-order valence-electron chi connectivity index (χ3n) is 4.73. The predicted octanol–water partition coefficient (Wildman–Crippen LogP) is 2.46. The summed E-state index contributed by atoms with van der Waals surface area (Å²) in [5.41, 5.74) is 7.03. The second-order valence-corrected chi connectivity index (χ2v) is 6.99. The van der Waals surface area contributed by atoms with Crippen molar-refractivity contribution in [2.75, 3.05) is 19.7 Å². The van der Waals surface area contributed by atoms with Crippen LogP contribution >= 0.6 is 0 Å². The number of amides is 3. The number of carbonyl (C=O) groups is 2. The zero-order valence-electron chi connectivity index (χ0n) is 15.6. The number of hydrogen-bond donors (Lipinski definition) is 2. The lowest BCUT2D eigenvalue weighted by Gasteiger charge is -2.18. The molecule has 0 spiro atoms. The fourth-order valence-corrected chi connectivity index (χ4v) is 3.33. The highest BCUT2D eigenvalue weighted by Gasteiger charge is 2.26. The second-order valence-electron chi connectivity index (χ2n) is 6.99. The van der Waals surface area contributed by atoms with E-state index in [1.54, 1.807) is 30.3 Å². The van der Waals surface area contributed by atoms with Gasteiger partial charge in [0.15, 0.2) is 6.61 Å². The molecule has 3 amide bonds. The Morgan fingerprint density at radius 1 is 1.18 bits per heavy atom. The summed E-state index contributed by atoms with van der Waals surface area (Å²) in [6.45, 7) is 1.58. The molecule has 1 heterocycles. The van der Waals surface area contributed by atoms with Crippen molar-refractivity contribution >= 4 is 11.9 Å². The Balaban J connectivity index is 1.46. The molecule has 1 aliphatic rings. The van der Waals surface area contributed by atoms with Crippen molar-refractivity contribution in [3.05, 3.63) is 65.5 Å². The van der Waals surface area contributed by atoms with Crippen LogP contribution in [-0.4, -0.2) is 36.5 Å². The lowest BCUT2D eigenvalue weighted by atomic mass is 9.99. The summed E-state index contributed by atoms with van der Waals surface area (Å²) in [6.07, 6.45) is 1.77. The molecule has 1 atom stereocenters. The highest BCUT2D eigenvalue weighted by Crippen LogP contribution is 2.21. The molecule has 0 bridgehead atoms. The standard InChI is InChI=1S/C21H24FN3O3/c22-18-6-4-15(5-7-18)10-17-8-9-25(13-17)21(27)24-12-16-2-1-3-19(11-16)28-14-20(23)26/h1-7,11,17H,8-10,12-14H2,(H2,23,26)(H,24,27). The van der Waals surface area contributed by atoms with Crippen LogP contribution in [0.25, 0.3) is 0 Å². The molecule has 0 aliphatic carbocycles. The van der Waals surface area contributed by atoms with Crippen molar-refractivity contribution in [2.45, 2.75) is 19.4 Å². The number of ether oxygens (including phenoxy) is 1. The van der Waals surface area contributed by atoms with Crippen molar-refractivity contribution < 1.29 is 18.7 Å². The van der Waals surface area contributed by atoms with Gasteiger partial charge in [-0.05, 0) is 54.2 Å². The molecule has 2 aromatic rings. The Morgan fingerprint density at radius 3 is 2.71 bits per heavy atom. The van der Waals surface area contributed by atoms with E-state index in [-0.39, 0.29) is 18.5 Å². The van der Waals surface area contributed by atoms with Crippen LogP contribution in [-0.2, 0) is 17.8 Å². The average Bonchev–Trinajstić information content (AvgIpc) is 3.15. The fraction of sp³-hybridized carbons (Fsp3) is 0.333. The van der Waals surface area contributed by atoms with E-state index in [9.17, 15) is 14.0 Å². The molecule has 28 heavy (non-hydrogen) atoms. The Morgan fingerprint density at radius 2 is 1.96 bits per heavy atom. The van der Waals surface area contributed by atoms with Crippen molar-refractivity contribution in [2.24, 2.45) is 11.7 Å². The van der Waals surface area contributed by atoms with Crippen molar-refractivity contribution in [3.8, 4) is 5.75 Å². The number of nitrogens with two attached hydrogens (primary N) is 1. The number of benzene rings is 2. The van der Waals surface area contributed by atoms with E-state index in [0.29, 0.717) is 31.3 Å². The second kappa shape index (κ2) is 9.21. The van der Waals surface area contributed by atoms with Gasteiger partial charge in [0.25, 0.3) is 5.91 Å². The third-order valence-corrected chi connectivity index (χ3v) is 4.73. The zero-order valence-corrected chi connectivity index (χ0v) is 15.6. The maximum Gasteiger partial charge on any atom is 0.317 e. The summed E-state index contributed by atoms with van der Waals surface area (Å²) in [6, 6.07) is 13.6. The van der Waals surface area contributed by atoms with Crippen LogP contribution in [0, 0.1) is 11.7 Å². The topological polar surface area (TPSA) is 84.7 Å². The predicted molar refractivity (Wildman–Crippen MR) is 103 cm³/mol. The molecule has 1 fully saturated rings. The van der Waals surface area contributed by atoms with E-state index < -0.39 is 5.91 Å². The maximum absolute atomic E-state index is 13.0. The SMILES string of the molecule is NC(=O)COc1cccc(CNC(=O)N2CCC(Cc3ccc(F)cc3)C2)c1. The van der Waals surface area contributed by atoms with Gasteiger partial charge in [0.2, 0.25) is 0 Å². The molecular weight excluding hydrogens is 361 g/mol. The lowest BCUT2D eigenvalue weighted by Crippen LogP contribution is -2.38. The molecule has 0 radical (unpaired) electrons. The number of rotatable bonds is 7. The van der Waals surface area contributed by atoms with Crippen LogP contribution in [0.5, 0.6) is 5.75 Å². The van der Waals surface area contributed by atoms with Gasteiger partial charge in [-0.25, -0.2) is 9.18 Å². The number of likely N-dealkylation sites (tertiary alicyclic amines) is 1. The molecule has 148 valence electrons. The number of carbonyl (C=O) groups excluding carboxylic acids is 2. The minimum Gasteiger partial charge on any atom is -0.484 e. The van der Waals surface area contributed by atoms with Gasteiger partial charge >= 0.3 is 6.03 Å². The highest BCUT2D eigenvalue weighted by molar-refractivity contribution is 5.75. The monoisotopic (exact) mass is 385 g/mol. The Bertz CT molecular complexity index is 826. The van der Waals surface area contributed by atoms with Crippen molar-refractivity contribution in [3.63, 3.8) is 0 Å². The van der Waals surface area contributed by atoms with Gasteiger partial charge in [0.1, 0.15) is 11.6 Å². The number of hydrogen-bond acceptors (Lipinski definition) is 3. The smallest absolute Gasteiger partial charge is 0.317 e. The van der Waals surface area contributed by atoms with E-state index >= 15 is 0 Å². The van der Waals surface area contributed by atoms with E-state index in [4.69, 9.17) is 10.5 Å². The summed E-state index contributed by atoms with van der Waals surface area (Å²) >= 11 is 0. The van der Waals surface area contributed by atoms with Gasteiger partial charge in [-0.2, -0.15) is 0 Å². The van der Waals surface area contributed by atoms with Crippen LogP contribution in [0.3, 0.4) is 0 Å². The van der Waals surface area contributed by atoms with Gasteiger partial charge in [0.05, 0.1) is 0 Å². The first-order chi connectivity index (χ1) is 13.5. The van der Waals surface area contributed by atoms with Gasteiger partial charge in [-0.1, -0.05) is 24.3 Å². The Labute approximate surface area is 163 Å². The van der Waals surface area contributed by atoms with Gasteiger partial charge in [-0.15, -0.1) is 0 Å². The van der Waals surface area contributed by atoms with E-state index in [2.05, 4.69) is 5.32 Å². The minimum atomic E-state index is -0.539. The normalized spacial score (nSPS) is 16.0. The number of urea groups is 1. The Kier molecular flexibility index (Phi) is 6.47. The zero-order chi connectivity index (χ0) is 19.9. The lowest BCUT2D eigenvalue weighted by molar-refractivity contribution is -0.119. The number of primary amides is 1. The summed E-state index contributed by atoms with van der Waals surface area (Å²) in [5.74, 6) is 0.135. The molecule has 0 saturated carbocycles. The summed E-state index contributed by atoms with van der Waals surface area (Å²) < 4.78 is 18.3. The first kappa shape index (κ1) is 19.7. The molecular formula is C21H24FN3O3. The fourth-order valence-electron chi connectivity index (χ4n) is 3.33. The number of halogens is 1. The molecule has 3 N–H and O–H groups in total. The molecule has 2 aromatic carbocycles. The molecule has 1 aliphatic heterocycles. The quantitative estimate of drug-likeness (QED) is 0.768. The molecule has 1 saturated heterocycles. The molecule has 6 nitrogen and oxygen atoms in total. The Hall–Kier alpha value is -3.09. The van der Waals surface area contributed by atoms with Gasteiger partial charge in [0, 0.05) is 19.6 Å².